The molecule has 2 atom stereocenters. The lowest BCUT2D eigenvalue weighted by atomic mass is 9.85. The van der Waals surface area contributed by atoms with E-state index in [1.807, 2.05) is 0 Å². The highest BCUT2D eigenvalue weighted by atomic mass is 16.5. The predicted octanol–water partition coefficient (Wildman–Crippen LogP) is 3.26. The molecule has 0 radical (unpaired) electrons. The molecule has 32 heavy (non-hydrogen) atoms. The molecule has 0 spiro atoms. The number of amides is 1. The van der Waals surface area contributed by atoms with Crippen LogP contribution in [0.5, 0.6) is 11.5 Å². The fourth-order valence-corrected chi connectivity index (χ4v) is 4.10. The summed E-state index contributed by atoms with van der Waals surface area (Å²) in [6, 6.07) is 14.0. The fourth-order valence-electron chi connectivity index (χ4n) is 4.10. The predicted molar refractivity (Wildman–Crippen MR) is 116 cm³/mol. The fraction of sp³-hybridized carbons (Fsp3) is 0.200. The summed E-state index contributed by atoms with van der Waals surface area (Å²) in [5, 5.41) is 9.71. The summed E-state index contributed by atoms with van der Waals surface area (Å²) in [6.07, 6.45) is 3.24. The van der Waals surface area contributed by atoms with Gasteiger partial charge in [-0.05, 0) is 60.0 Å². The van der Waals surface area contributed by atoms with Crippen molar-refractivity contribution in [3.05, 3.63) is 89.2 Å². The number of nitrogens with zero attached hydrogens (tertiary/aromatic N) is 2. The van der Waals surface area contributed by atoms with Crippen LogP contribution in [-0.4, -0.2) is 39.6 Å². The monoisotopic (exact) mass is 430 g/mol. The zero-order chi connectivity index (χ0) is 22.8. The third-order valence-corrected chi connectivity index (χ3v) is 5.70. The van der Waals surface area contributed by atoms with Gasteiger partial charge in [0.25, 0.3) is 5.91 Å². The van der Waals surface area contributed by atoms with Crippen molar-refractivity contribution in [1.82, 2.24) is 9.88 Å². The van der Waals surface area contributed by atoms with E-state index >= 15 is 0 Å². The number of carbonyl (C=O) groups excluding carboxylic acids is 3. The van der Waals surface area contributed by atoms with E-state index in [0.29, 0.717) is 22.4 Å². The number of phenolic OH excluding ortho intramolecular Hbond substituents is 1. The molecule has 0 bridgehead atoms. The van der Waals surface area contributed by atoms with E-state index in [4.69, 9.17) is 4.74 Å². The molecule has 7 heteroatoms. The number of methoxy groups -OCH3 is 1. The van der Waals surface area contributed by atoms with Gasteiger partial charge in [0.15, 0.2) is 5.78 Å². The van der Waals surface area contributed by atoms with E-state index in [1.54, 1.807) is 61.8 Å². The summed E-state index contributed by atoms with van der Waals surface area (Å²) in [6.45, 7) is 1.90. The van der Waals surface area contributed by atoms with E-state index < -0.39 is 29.4 Å². The zero-order valence-corrected chi connectivity index (χ0v) is 17.7. The van der Waals surface area contributed by atoms with Crippen molar-refractivity contribution in [2.45, 2.75) is 19.5 Å². The van der Waals surface area contributed by atoms with Gasteiger partial charge in [-0.25, -0.2) is 0 Å². The molecule has 1 saturated heterocycles. The van der Waals surface area contributed by atoms with Crippen LogP contribution in [0.25, 0.3) is 0 Å². The number of carbonyl (C=O) groups is 3. The molecular weight excluding hydrogens is 408 g/mol. The lowest BCUT2D eigenvalue weighted by Crippen LogP contribution is -2.30. The maximum absolute atomic E-state index is 13.6. The number of rotatable bonds is 6. The van der Waals surface area contributed by atoms with E-state index in [2.05, 4.69) is 4.98 Å². The van der Waals surface area contributed by atoms with Crippen molar-refractivity contribution >= 4 is 17.5 Å². The minimum absolute atomic E-state index is 0.0529. The number of ether oxygens (including phenoxy) is 1. The number of hydrogen-bond acceptors (Lipinski definition) is 6. The van der Waals surface area contributed by atoms with Gasteiger partial charge in [0.05, 0.1) is 13.2 Å². The molecule has 1 fully saturated rings. The third-order valence-electron chi connectivity index (χ3n) is 5.70. The van der Waals surface area contributed by atoms with Crippen LogP contribution in [0.4, 0.5) is 0 Å². The van der Waals surface area contributed by atoms with Gasteiger partial charge in [-0.1, -0.05) is 18.2 Å². The zero-order valence-electron chi connectivity index (χ0n) is 17.7. The first kappa shape index (κ1) is 21.2. The molecule has 2 heterocycles. The summed E-state index contributed by atoms with van der Waals surface area (Å²) in [7, 11) is 1.53. The van der Waals surface area contributed by atoms with Gasteiger partial charge < -0.3 is 14.7 Å². The summed E-state index contributed by atoms with van der Waals surface area (Å²) in [5.74, 6) is -2.42. The molecule has 1 aliphatic heterocycles. The van der Waals surface area contributed by atoms with Gasteiger partial charge in [-0.15, -0.1) is 0 Å². The van der Waals surface area contributed by atoms with Crippen molar-refractivity contribution in [2.24, 2.45) is 5.92 Å². The van der Waals surface area contributed by atoms with Crippen LogP contribution < -0.4 is 4.74 Å². The third kappa shape index (κ3) is 3.85. The molecule has 1 aliphatic rings. The Kier molecular flexibility index (Phi) is 5.73. The van der Waals surface area contributed by atoms with Crippen LogP contribution in [-0.2, 0) is 16.1 Å². The first-order valence-corrected chi connectivity index (χ1v) is 10.1. The normalized spacial score (nSPS) is 18.1. The number of ketones is 2. The number of aromatic nitrogens is 1. The Morgan fingerprint density at radius 3 is 2.50 bits per heavy atom. The molecule has 4 rings (SSSR count). The SMILES string of the molecule is COc1ccc(C(=O)C2C(=O)C(=O)N(Cc3cccnc3)C2c2ccc(O)cc2)c(C)c1. The molecule has 7 nitrogen and oxygen atoms in total. The van der Waals surface area contributed by atoms with Crippen LogP contribution in [0.3, 0.4) is 0 Å². The number of hydrogen-bond donors (Lipinski definition) is 1. The van der Waals surface area contributed by atoms with Gasteiger partial charge in [0, 0.05) is 24.5 Å². The van der Waals surface area contributed by atoms with Gasteiger partial charge in [0.1, 0.15) is 17.4 Å². The number of pyridine rings is 1. The van der Waals surface area contributed by atoms with Crippen molar-refractivity contribution in [3.63, 3.8) is 0 Å². The van der Waals surface area contributed by atoms with Crippen LogP contribution >= 0.6 is 0 Å². The van der Waals surface area contributed by atoms with Crippen molar-refractivity contribution in [2.75, 3.05) is 7.11 Å². The Bertz CT molecular complexity index is 1170. The van der Waals surface area contributed by atoms with Gasteiger partial charge in [-0.3, -0.25) is 19.4 Å². The maximum atomic E-state index is 13.6. The molecule has 3 aromatic rings. The first-order chi connectivity index (χ1) is 15.4. The highest BCUT2D eigenvalue weighted by Crippen LogP contribution is 2.40. The molecule has 1 amide bonds. The average Bonchev–Trinajstić information content (AvgIpc) is 3.04. The van der Waals surface area contributed by atoms with Gasteiger partial charge in [-0.2, -0.15) is 0 Å². The van der Waals surface area contributed by atoms with Gasteiger partial charge in [0.2, 0.25) is 5.78 Å². The van der Waals surface area contributed by atoms with Crippen molar-refractivity contribution < 1.29 is 24.2 Å². The smallest absolute Gasteiger partial charge is 0.291 e. The van der Waals surface area contributed by atoms with E-state index in [-0.39, 0.29) is 12.3 Å². The van der Waals surface area contributed by atoms with Crippen LogP contribution in [0, 0.1) is 12.8 Å². The lowest BCUT2D eigenvalue weighted by Gasteiger charge is -2.27. The summed E-state index contributed by atoms with van der Waals surface area (Å²) >= 11 is 0. The minimum atomic E-state index is -1.20. The highest BCUT2D eigenvalue weighted by molar-refractivity contribution is 6.44. The highest BCUT2D eigenvalue weighted by Gasteiger charge is 2.51. The Labute approximate surface area is 185 Å². The Morgan fingerprint density at radius 2 is 1.88 bits per heavy atom. The second-order valence-corrected chi connectivity index (χ2v) is 7.72. The molecular formula is C25H22N2O5. The number of benzene rings is 2. The van der Waals surface area contributed by atoms with Crippen LogP contribution in [0.1, 0.15) is 33.1 Å². The lowest BCUT2D eigenvalue weighted by molar-refractivity contribution is -0.141. The van der Waals surface area contributed by atoms with Gasteiger partial charge >= 0.3 is 0 Å². The minimum Gasteiger partial charge on any atom is -0.508 e. The van der Waals surface area contributed by atoms with Crippen LogP contribution in [0.2, 0.25) is 0 Å². The van der Waals surface area contributed by atoms with E-state index in [0.717, 1.165) is 5.56 Å². The number of phenols is 1. The summed E-state index contributed by atoms with van der Waals surface area (Å²) in [5.41, 5.74) is 2.36. The van der Waals surface area contributed by atoms with E-state index in [1.165, 1.54) is 24.1 Å². The molecule has 2 unspecified atom stereocenters. The number of Topliss-reactive ketones (excluding diaryl/α,β-unsaturated/α-hetero) is 2. The van der Waals surface area contributed by atoms with Crippen molar-refractivity contribution in [1.29, 1.82) is 0 Å². The molecule has 1 N–H and O–H groups in total. The quantitative estimate of drug-likeness (QED) is 0.366. The number of aryl methyl sites for hydroxylation is 1. The second-order valence-electron chi connectivity index (χ2n) is 7.72. The first-order valence-electron chi connectivity index (χ1n) is 10.1. The van der Waals surface area contributed by atoms with Crippen LogP contribution in [0.15, 0.2) is 67.0 Å². The maximum Gasteiger partial charge on any atom is 0.291 e. The Morgan fingerprint density at radius 1 is 1.12 bits per heavy atom. The summed E-state index contributed by atoms with van der Waals surface area (Å²) in [4.78, 5) is 45.2. The topological polar surface area (TPSA) is 96.8 Å². The molecule has 1 aromatic heterocycles. The number of aromatic hydroxyl groups is 1. The standard InChI is InChI=1S/C25H22N2O5/c1-15-12-19(32-2)9-10-20(15)23(29)21-22(17-5-7-18(28)8-6-17)27(25(31)24(21)30)14-16-4-3-11-26-13-16/h3-13,21-22,28H,14H2,1-2H3. The van der Waals surface area contributed by atoms with E-state index in [9.17, 15) is 19.5 Å². The molecule has 2 aromatic carbocycles. The molecule has 0 saturated carbocycles. The summed E-state index contributed by atoms with van der Waals surface area (Å²) < 4.78 is 5.21. The molecule has 162 valence electrons. The number of likely N-dealkylation sites (tertiary alicyclic amines) is 1. The largest absolute Gasteiger partial charge is 0.508 e. The van der Waals surface area contributed by atoms with Crippen molar-refractivity contribution in [3.8, 4) is 11.5 Å². The Hall–Kier alpha value is -4.00. The Balaban J connectivity index is 1.78. The average molecular weight is 430 g/mol. The molecule has 0 aliphatic carbocycles. The second kappa shape index (κ2) is 8.63.